The van der Waals surface area contributed by atoms with Crippen LogP contribution in [0.3, 0.4) is 0 Å². The van der Waals surface area contributed by atoms with Gasteiger partial charge >= 0.3 is 5.97 Å². The summed E-state index contributed by atoms with van der Waals surface area (Å²) in [7, 11) is 0. The Morgan fingerprint density at radius 2 is 1.76 bits per heavy atom. The number of amides is 5. The number of esters is 1. The van der Waals surface area contributed by atoms with Gasteiger partial charge in [0.15, 0.2) is 0 Å². The van der Waals surface area contributed by atoms with Gasteiger partial charge in [0.05, 0.1) is 17.0 Å². The summed E-state index contributed by atoms with van der Waals surface area (Å²) in [5.74, 6) is -2.62. The summed E-state index contributed by atoms with van der Waals surface area (Å²) in [5.41, 5.74) is 0.324. The molecule has 0 bridgehead atoms. The molecule has 11 heteroatoms. The van der Waals surface area contributed by atoms with Crippen molar-refractivity contribution >= 4 is 41.2 Å². The summed E-state index contributed by atoms with van der Waals surface area (Å²) in [6, 6.07) is 3.85. The van der Waals surface area contributed by atoms with Crippen molar-refractivity contribution in [1.29, 1.82) is 0 Å². The summed E-state index contributed by atoms with van der Waals surface area (Å²) in [6.45, 7) is 6.93. The lowest BCUT2D eigenvalue weighted by molar-refractivity contribution is -0.162. The fourth-order valence-electron chi connectivity index (χ4n) is 5.03. The number of ether oxygens (including phenoxy) is 1. The molecule has 0 saturated carbocycles. The smallest absolute Gasteiger partial charge is 0.309 e. The molecule has 3 aliphatic heterocycles. The molecule has 2 saturated heterocycles. The molecule has 1 unspecified atom stereocenters. The SMILES string of the molecule is CC(C)(C)OC(=O)C1CCN(C(=O)CCCNc2cccc3c2C(=O)N(C2CCC(=O)NC2=O)C3=O)CC1. The lowest BCUT2D eigenvalue weighted by atomic mass is 9.96. The van der Waals surface area contributed by atoms with Gasteiger partial charge in [0.1, 0.15) is 11.6 Å². The molecule has 2 fully saturated rings. The van der Waals surface area contributed by atoms with Gasteiger partial charge in [-0.2, -0.15) is 0 Å². The second-order valence-corrected chi connectivity index (χ2v) is 10.9. The average molecular weight is 527 g/mol. The maximum atomic E-state index is 13.2. The van der Waals surface area contributed by atoms with Gasteiger partial charge in [0.2, 0.25) is 17.7 Å². The number of nitrogens with one attached hydrogen (secondary N) is 2. The first-order valence-electron chi connectivity index (χ1n) is 13.1. The molecule has 3 heterocycles. The van der Waals surface area contributed by atoms with Crippen molar-refractivity contribution in [2.75, 3.05) is 25.0 Å². The zero-order valence-corrected chi connectivity index (χ0v) is 22.0. The quantitative estimate of drug-likeness (QED) is 0.311. The molecule has 5 amide bonds. The van der Waals surface area contributed by atoms with Crippen LogP contribution in [0.5, 0.6) is 0 Å². The Labute approximate surface area is 221 Å². The van der Waals surface area contributed by atoms with Crippen LogP contribution in [0.4, 0.5) is 5.69 Å². The Kier molecular flexibility index (Phi) is 7.84. The standard InChI is InChI=1S/C27H34N4O7/c1-27(2,3)38-26(37)16-11-14-30(15-12-16)21(33)8-5-13-28-18-7-4-6-17-22(18)25(36)31(24(17)35)19-9-10-20(32)29-23(19)34/h4,6-7,16,19,28H,5,8-15H2,1-3H3,(H,29,32,34). The first-order chi connectivity index (χ1) is 18.0. The second kappa shape index (κ2) is 10.9. The summed E-state index contributed by atoms with van der Waals surface area (Å²) < 4.78 is 5.46. The van der Waals surface area contributed by atoms with Gasteiger partial charge in [-0.15, -0.1) is 0 Å². The molecule has 0 spiro atoms. The lowest BCUT2D eigenvalue weighted by Crippen LogP contribution is -2.54. The number of benzene rings is 1. The molecule has 4 rings (SSSR count). The number of nitrogens with zero attached hydrogens (tertiary/aromatic N) is 2. The highest BCUT2D eigenvalue weighted by molar-refractivity contribution is 6.25. The van der Waals surface area contributed by atoms with Gasteiger partial charge < -0.3 is 15.0 Å². The predicted molar refractivity (Wildman–Crippen MR) is 136 cm³/mol. The third-order valence-electron chi connectivity index (χ3n) is 6.94. The van der Waals surface area contributed by atoms with Crippen LogP contribution < -0.4 is 10.6 Å². The van der Waals surface area contributed by atoms with E-state index in [1.165, 1.54) is 6.07 Å². The Hall–Kier alpha value is -3.76. The van der Waals surface area contributed by atoms with Gasteiger partial charge in [-0.25, -0.2) is 0 Å². The third-order valence-corrected chi connectivity index (χ3v) is 6.94. The highest BCUT2D eigenvalue weighted by atomic mass is 16.6. The van der Waals surface area contributed by atoms with E-state index in [-0.39, 0.29) is 41.8 Å². The molecule has 204 valence electrons. The molecular weight excluding hydrogens is 492 g/mol. The number of anilines is 1. The van der Waals surface area contributed by atoms with Gasteiger partial charge in [-0.05, 0) is 58.6 Å². The monoisotopic (exact) mass is 526 g/mol. The third kappa shape index (κ3) is 5.87. The number of carbonyl (C=O) groups is 6. The zero-order valence-electron chi connectivity index (χ0n) is 22.0. The van der Waals surface area contributed by atoms with Crippen molar-refractivity contribution in [3.05, 3.63) is 29.3 Å². The van der Waals surface area contributed by atoms with Crippen molar-refractivity contribution in [3.63, 3.8) is 0 Å². The van der Waals surface area contributed by atoms with Crippen LogP contribution in [0.2, 0.25) is 0 Å². The second-order valence-electron chi connectivity index (χ2n) is 10.9. The number of imide groups is 2. The minimum Gasteiger partial charge on any atom is -0.460 e. The van der Waals surface area contributed by atoms with E-state index >= 15 is 0 Å². The first kappa shape index (κ1) is 27.3. The minimum absolute atomic E-state index is 0.00279. The van der Waals surface area contributed by atoms with E-state index in [1.54, 1.807) is 17.0 Å². The summed E-state index contributed by atoms with van der Waals surface area (Å²) in [6.07, 6.45) is 2.11. The molecule has 11 nitrogen and oxygen atoms in total. The Morgan fingerprint density at radius 3 is 2.42 bits per heavy atom. The molecule has 1 aromatic carbocycles. The maximum absolute atomic E-state index is 13.2. The van der Waals surface area contributed by atoms with E-state index in [2.05, 4.69) is 10.6 Å². The largest absolute Gasteiger partial charge is 0.460 e. The number of fused-ring (bicyclic) bond motifs is 1. The highest BCUT2D eigenvalue weighted by Crippen LogP contribution is 2.32. The lowest BCUT2D eigenvalue weighted by Gasteiger charge is -2.32. The molecule has 1 aromatic rings. The highest BCUT2D eigenvalue weighted by Gasteiger charge is 2.45. The molecule has 3 aliphatic rings. The molecule has 1 atom stereocenters. The number of hydrogen-bond acceptors (Lipinski definition) is 8. The number of carbonyl (C=O) groups excluding carboxylic acids is 6. The van der Waals surface area contributed by atoms with Crippen molar-refractivity contribution in [3.8, 4) is 0 Å². The van der Waals surface area contributed by atoms with E-state index in [1.807, 2.05) is 20.8 Å². The number of piperidine rings is 2. The van der Waals surface area contributed by atoms with E-state index in [0.29, 0.717) is 51.0 Å². The van der Waals surface area contributed by atoms with Gasteiger partial charge in [-0.1, -0.05) is 6.07 Å². The van der Waals surface area contributed by atoms with E-state index < -0.39 is 35.3 Å². The molecule has 0 aromatic heterocycles. The molecule has 2 N–H and O–H groups in total. The van der Waals surface area contributed by atoms with E-state index in [0.717, 1.165) is 4.90 Å². The molecule has 38 heavy (non-hydrogen) atoms. The number of likely N-dealkylation sites (tertiary alicyclic amines) is 1. The van der Waals surface area contributed by atoms with Crippen LogP contribution in [0.25, 0.3) is 0 Å². The number of hydrogen-bond donors (Lipinski definition) is 2. The van der Waals surface area contributed by atoms with E-state index in [9.17, 15) is 28.8 Å². The maximum Gasteiger partial charge on any atom is 0.309 e. The summed E-state index contributed by atoms with van der Waals surface area (Å²) in [4.78, 5) is 77.5. The number of rotatable bonds is 7. The van der Waals surface area contributed by atoms with Crippen LogP contribution >= 0.6 is 0 Å². The Balaban J connectivity index is 1.27. The van der Waals surface area contributed by atoms with Crippen LogP contribution in [0, 0.1) is 5.92 Å². The van der Waals surface area contributed by atoms with E-state index in [4.69, 9.17) is 4.74 Å². The summed E-state index contributed by atoms with van der Waals surface area (Å²) in [5, 5.41) is 5.34. The average Bonchev–Trinajstić information content (AvgIpc) is 3.11. The first-order valence-corrected chi connectivity index (χ1v) is 13.1. The van der Waals surface area contributed by atoms with Crippen LogP contribution in [0.1, 0.15) is 80.0 Å². The van der Waals surface area contributed by atoms with Crippen molar-refractivity contribution < 1.29 is 33.5 Å². The van der Waals surface area contributed by atoms with Gasteiger partial charge in [0.25, 0.3) is 11.8 Å². The topological polar surface area (TPSA) is 142 Å². The fourth-order valence-corrected chi connectivity index (χ4v) is 5.03. The van der Waals surface area contributed by atoms with Gasteiger partial charge in [-0.3, -0.25) is 39.0 Å². The van der Waals surface area contributed by atoms with Crippen molar-refractivity contribution in [2.24, 2.45) is 5.92 Å². The van der Waals surface area contributed by atoms with Crippen molar-refractivity contribution in [1.82, 2.24) is 15.1 Å². The van der Waals surface area contributed by atoms with Gasteiger partial charge in [0, 0.05) is 38.2 Å². The minimum atomic E-state index is -1.02. The molecular formula is C27H34N4O7. The Morgan fingerprint density at radius 1 is 1.05 bits per heavy atom. The molecule has 0 aliphatic carbocycles. The molecule has 0 radical (unpaired) electrons. The fraction of sp³-hybridized carbons (Fsp3) is 0.556. The zero-order chi connectivity index (χ0) is 27.6. The van der Waals surface area contributed by atoms with Crippen LogP contribution in [-0.4, -0.2) is 76.6 Å². The predicted octanol–water partition coefficient (Wildman–Crippen LogP) is 1.86. The van der Waals surface area contributed by atoms with Crippen LogP contribution in [-0.2, 0) is 23.9 Å². The Bertz CT molecular complexity index is 1160. The van der Waals surface area contributed by atoms with Crippen molar-refractivity contribution in [2.45, 2.75) is 70.9 Å². The van der Waals surface area contributed by atoms with Crippen LogP contribution in [0.15, 0.2) is 18.2 Å². The normalized spacial score (nSPS) is 20.3. The summed E-state index contributed by atoms with van der Waals surface area (Å²) >= 11 is 0.